The van der Waals surface area contributed by atoms with Crippen LogP contribution >= 0.6 is 0 Å². The summed E-state index contributed by atoms with van der Waals surface area (Å²) >= 11 is 0. The minimum Gasteiger partial charge on any atom is -0.342 e. The van der Waals surface area contributed by atoms with Gasteiger partial charge in [0.05, 0.1) is 6.67 Å². The van der Waals surface area contributed by atoms with E-state index in [1.165, 1.54) is 12.8 Å². The molecule has 0 aromatic heterocycles. The highest BCUT2D eigenvalue weighted by Crippen LogP contribution is 2.36. The van der Waals surface area contributed by atoms with E-state index in [9.17, 15) is 9.59 Å². The molecular formula is C18H30N4O2. The summed E-state index contributed by atoms with van der Waals surface area (Å²) in [5.74, 6) is 1.39. The zero-order valence-electron chi connectivity index (χ0n) is 14.8. The van der Waals surface area contributed by atoms with Crippen LogP contribution < -0.4 is 5.73 Å². The van der Waals surface area contributed by atoms with E-state index < -0.39 is 5.54 Å². The summed E-state index contributed by atoms with van der Waals surface area (Å²) in [6.07, 6.45) is 8.57. The first kappa shape index (κ1) is 17.4. The van der Waals surface area contributed by atoms with Gasteiger partial charge in [0.25, 0.3) is 5.91 Å². The second kappa shape index (κ2) is 7.21. The molecule has 0 radical (unpaired) electrons. The quantitative estimate of drug-likeness (QED) is 0.834. The minimum atomic E-state index is -0.658. The Morgan fingerprint density at radius 2 is 1.96 bits per heavy atom. The number of nitrogens with zero attached hydrogens (tertiary/aromatic N) is 3. The number of amidine groups is 1. The molecule has 0 aromatic rings. The van der Waals surface area contributed by atoms with Gasteiger partial charge in [-0.1, -0.05) is 26.2 Å². The molecule has 1 aliphatic carbocycles. The van der Waals surface area contributed by atoms with E-state index in [4.69, 9.17) is 10.7 Å². The zero-order valence-corrected chi connectivity index (χ0v) is 14.8. The molecular weight excluding hydrogens is 304 g/mol. The molecule has 1 spiro atoms. The van der Waals surface area contributed by atoms with E-state index in [-0.39, 0.29) is 18.5 Å². The van der Waals surface area contributed by atoms with E-state index in [0.717, 1.165) is 37.9 Å². The van der Waals surface area contributed by atoms with Gasteiger partial charge in [0, 0.05) is 25.4 Å². The Bertz CT molecular complexity index is 517. The number of piperidine rings is 1. The first-order chi connectivity index (χ1) is 11.6. The van der Waals surface area contributed by atoms with Crippen molar-refractivity contribution >= 4 is 17.6 Å². The maximum atomic E-state index is 12.8. The highest BCUT2D eigenvalue weighted by molar-refractivity contribution is 6.08. The van der Waals surface area contributed by atoms with E-state index in [1.54, 1.807) is 4.90 Å². The van der Waals surface area contributed by atoms with Crippen LogP contribution in [0, 0.1) is 5.92 Å². The standard InChI is InChI=1S/C18H30N4O2/c1-2-3-8-15-20-18(17(24)22(15)13-19)9-11-21(12-10-18)16(23)14-6-4-5-7-14/h14H,2-13,19H2,1H3. The van der Waals surface area contributed by atoms with Crippen molar-refractivity contribution in [2.45, 2.75) is 70.3 Å². The van der Waals surface area contributed by atoms with Crippen molar-refractivity contribution in [2.75, 3.05) is 19.8 Å². The summed E-state index contributed by atoms with van der Waals surface area (Å²) in [5.41, 5.74) is 5.14. The number of aliphatic imine (C=N–C) groups is 1. The van der Waals surface area contributed by atoms with E-state index in [1.807, 2.05) is 4.90 Å². The normalized spacial score (nSPS) is 24.1. The van der Waals surface area contributed by atoms with Crippen molar-refractivity contribution in [3.8, 4) is 0 Å². The Kier molecular flexibility index (Phi) is 5.23. The number of unbranched alkanes of at least 4 members (excludes halogenated alkanes) is 1. The van der Waals surface area contributed by atoms with E-state index in [0.29, 0.717) is 31.8 Å². The van der Waals surface area contributed by atoms with Crippen molar-refractivity contribution < 1.29 is 9.59 Å². The molecule has 24 heavy (non-hydrogen) atoms. The highest BCUT2D eigenvalue weighted by Gasteiger charge is 2.49. The predicted molar refractivity (Wildman–Crippen MR) is 93.4 cm³/mol. The lowest BCUT2D eigenvalue weighted by molar-refractivity contribution is -0.140. The SMILES string of the molecule is CCCCC1=NC2(CCN(C(=O)C3CCCC3)CC2)C(=O)N1CN. The number of rotatable bonds is 5. The average molecular weight is 334 g/mol. The van der Waals surface area contributed by atoms with Crippen LogP contribution in [0.5, 0.6) is 0 Å². The smallest absolute Gasteiger partial charge is 0.257 e. The molecule has 2 fully saturated rings. The first-order valence-electron chi connectivity index (χ1n) is 9.51. The van der Waals surface area contributed by atoms with Crippen LogP contribution in [0.4, 0.5) is 0 Å². The molecule has 1 saturated carbocycles. The Hall–Kier alpha value is -1.43. The zero-order chi connectivity index (χ0) is 17.2. The molecule has 2 amide bonds. The van der Waals surface area contributed by atoms with Gasteiger partial charge in [0.1, 0.15) is 11.4 Å². The fourth-order valence-electron chi connectivity index (χ4n) is 4.29. The summed E-state index contributed by atoms with van der Waals surface area (Å²) in [4.78, 5) is 33.9. The Morgan fingerprint density at radius 1 is 1.29 bits per heavy atom. The maximum Gasteiger partial charge on any atom is 0.257 e. The van der Waals surface area contributed by atoms with Crippen LogP contribution in [0.15, 0.2) is 4.99 Å². The minimum absolute atomic E-state index is 0.0454. The number of likely N-dealkylation sites (tertiary alicyclic amines) is 1. The first-order valence-corrected chi connectivity index (χ1v) is 9.51. The van der Waals surface area contributed by atoms with Crippen LogP contribution in [0.3, 0.4) is 0 Å². The lowest BCUT2D eigenvalue weighted by atomic mass is 9.87. The number of carbonyl (C=O) groups excluding carboxylic acids is 2. The molecule has 0 unspecified atom stereocenters. The van der Waals surface area contributed by atoms with Crippen LogP contribution in [0.25, 0.3) is 0 Å². The molecule has 0 bridgehead atoms. The van der Waals surface area contributed by atoms with Crippen LogP contribution in [-0.2, 0) is 9.59 Å². The summed E-state index contributed by atoms with van der Waals surface area (Å²) in [6.45, 7) is 3.62. The highest BCUT2D eigenvalue weighted by atomic mass is 16.2. The monoisotopic (exact) mass is 334 g/mol. The van der Waals surface area contributed by atoms with Crippen LogP contribution in [0.2, 0.25) is 0 Å². The molecule has 2 aliphatic heterocycles. The van der Waals surface area contributed by atoms with Gasteiger partial charge in [-0.05, 0) is 32.1 Å². The largest absolute Gasteiger partial charge is 0.342 e. The average Bonchev–Trinajstić information content (AvgIpc) is 3.21. The molecule has 2 heterocycles. The third kappa shape index (κ3) is 3.08. The van der Waals surface area contributed by atoms with Gasteiger partial charge in [0.15, 0.2) is 0 Å². The lowest BCUT2D eigenvalue weighted by Gasteiger charge is -2.37. The van der Waals surface area contributed by atoms with Gasteiger partial charge in [-0.3, -0.25) is 19.5 Å². The number of hydrogen-bond acceptors (Lipinski definition) is 4. The molecule has 6 nitrogen and oxygen atoms in total. The lowest BCUT2D eigenvalue weighted by Crippen LogP contribution is -2.52. The molecule has 1 saturated heterocycles. The number of carbonyl (C=O) groups is 2. The van der Waals surface area contributed by atoms with E-state index >= 15 is 0 Å². The van der Waals surface area contributed by atoms with Crippen molar-refractivity contribution in [2.24, 2.45) is 16.6 Å². The van der Waals surface area contributed by atoms with Gasteiger partial charge in [-0.25, -0.2) is 0 Å². The topological polar surface area (TPSA) is 79.0 Å². The van der Waals surface area contributed by atoms with Crippen LogP contribution in [0.1, 0.15) is 64.7 Å². The van der Waals surface area contributed by atoms with Gasteiger partial charge >= 0.3 is 0 Å². The molecule has 3 aliphatic rings. The van der Waals surface area contributed by atoms with Crippen LogP contribution in [-0.4, -0.2) is 52.7 Å². The number of hydrogen-bond donors (Lipinski definition) is 1. The summed E-state index contributed by atoms with van der Waals surface area (Å²) in [5, 5.41) is 0. The number of amides is 2. The van der Waals surface area contributed by atoms with Gasteiger partial charge in [-0.15, -0.1) is 0 Å². The molecule has 2 N–H and O–H groups in total. The van der Waals surface area contributed by atoms with Crippen molar-refractivity contribution in [3.63, 3.8) is 0 Å². The summed E-state index contributed by atoms with van der Waals surface area (Å²) in [6, 6.07) is 0. The van der Waals surface area contributed by atoms with Gasteiger partial charge in [0.2, 0.25) is 5.91 Å². The maximum absolute atomic E-state index is 12.8. The summed E-state index contributed by atoms with van der Waals surface area (Å²) in [7, 11) is 0. The fraction of sp³-hybridized carbons (Fsp3) is 0.833. The fourth-order valence-corrected chi connectivity index (χ4v) is 4.29. The number of nitrogens with two attached hydrogens (primary N) is 1. The second-order valence-electron chi connectivity index (χ2n) is 7.39. The van der Waals surface area contributed by atoms with Crippen molar-refractivity contribution in [1.29, 1.82) is 0 Å². The van der Waals surface area contributed by atoms with Gasteiger partial charge in [-0.2, -0.15) is 0 Å². The second-order valence-corrected chi connectivity index (χ2v) is 7.39. The van der Waals surface area contributed by atoms with Crippen molar-refractivity contribution in [1.82, 2.24) is 9.80 Å². The molecule has 134 valence electrons. The predicted octanol–water partition coefficient (Wildman–Crippen LogP) is 1.88. The van der Waals surface area contributed by atoms with Gasteiger partial charge < -0.3 is 10.6 Å². The molecule has 6 heteroatoms. The third-order valence-electron chi connectivity index (χ3n) is 5.84. The van der Waals surface area contributed by atoms with E-state index in [2.05, 4.69) is 6.92 Å². The third-order valence-corrected chi connectivity index (χ3v) is 5.84. The Labute approximate surface area is 144 Å². The Morgan fingerprint density at radius 3 is 2.54 bits per heavy atom. The molecule has 0 atom stereocenters. The summed E-state index contributed by atoms with van der Waals surface area (Å²) < 4.78 is 0. The van der Waals surface area contributed by atoms with Crippen molar-refractivity contribution in [3.05, 3.63) is 0 Å². The Balaban J connectivity index is 1.66. The molecule has 0 aromatic carbocycles. The molecule has 3 rings (SSSR count).